The molecule has 82 valence electrons. The maximum Gasteiger partial charge on any atom is 0.0908 e. The van der Waals surface area contributed by atoms with Gasteiger partial charge in [0.25, 0.3) is 0 Å². The van der Waals surface area contributed by atoms with Crippen LogP contribution in [0.15, 0.2) is 17.5 Å². The lowest BCUT2D eigenvalue weighted by molar-refractivity contribution is 0.116. The Morgan fingerprint density at radius 2 is 2.20 bits per heavy atom. The minimum absolute atomic E-state index is 0.283. The summed E-state index contributed by atoms with van der Waals surface area (Å²) in [6, 6.07) is 4.27. The third-order valence-electron chi connectivity index (χ3n) is 2.73. The fourth-order valence-corrected chi connectivity index (χ4v) is 4.06. The van der Waals surface area contributed by atoms with E-state index in [1.807, 2.05) is 0 Å². The molecule has 15 heavy (non-hydrogen) atoms. The van der Waals surface area contributed by atoms with E-state index in [0.29, 0.717) is 5.92 Å². The number of aliphatic hydroxyl groups is 1. The van der Waals surface area contributed by atoms with E-state index in [1.165, 1.54) is 9.40 Å². The number of fused-ring (bicyclic) bond motifs is 1. The maximum atomic E-state index is 10.2. The number of rotatable bonds is 4. The molecule has 0 aliphatic carbocycles. The van der Waals surface area contributed by atoms with Crippen LogP contribution in [0, 0.1) is 5.92 Å². The first-order chi connectivity index (χ1) is 7.22. The summed E-state index contributed by atoms with van der Waals surface area (Å²) < 4.78 is 2.61. The van der Waals surface area contributed by atoms with Gasteiger partial charge in [-0.25, -0.2) is 0 Å². The molecule has 2 unspecified atom stereocenters. The molecule has 2 atom stereocenters. The van der Waals surface area contributed by atoms with E-state index in [0.717, 1.165) is 17.7 Å². The first-order valence-corrected chi connectivity index (χ1v) is 7.07. The van der Waals surface area contributed by atoms with Crippen LogP contribution in [0.2, 0.25) is 0 Å². The molecule has 1 N–H and O–H groups in total. The fourth-order valence-electron chi connectivity index (χ4n) is 1.82. The van der Waals surface area contributed by atoms with E-state index in [-0.39, 0.29) is 6.10 Å². The van der Waals surface area contributed by atoms with Crippen molar-refractivity contribution < 1.29 is 5.11 Å². The van der Waals surface area contributed by atoms with Gasteiger partial charge in [-0.1, -0.05) is 20.3 Å². The predicted octanol–water partition coefficient (Wildman–Crippen LogP) is 4.43. The number of hydrogen-bond donors (Lipinski definition) is 1. The van der Waals surface area contributed by atoms with E-state index in [4.69, 9.17) is 0 Å². The Balaban J connectivity index is 2.19. The van der Waals surface area contributed by atoms with Gasteiger partial charge in [-0.05, 0) is 29.9 Å². The largest absolute Gasteiger partial charge is 0.387 e. The standard InChI is InChI=1S/C12H16OS2/c1-3-4-8(2)12(13)11-7-10-9(15-11)5-6-14-10/h5-8,12-13H,3-4H2,1-2H3. The first-order valence-electron chi connectivity index (χ1n) is 5.37. The van der Waals surface area contributed by atoms with Crippen LogP contribution in [-0.4, -0.2) is 5.11 Å². The molecule has 2 aromatic heterocycles. The molecule has 0 aliphatic rings. The van der Waals surface area contributed by atoms with Crippen molar-refractivity contribution >= 4 is 32.1 Å². The van der Waals surface area contributed by atoms with Gasteiger partial charge in [0.05, 0.1) is 6.10 Å². The van der Waals surface area contributed by atoms with Gasteiger partial charge in [0.2, 0.25) is 0 Å². The monoisotopic (exact) mass is 240 g/mol. The molecule has 0 bridgehead atoms. The highest BCUT2D eigenvalue weighted by molar-refractivity contribution is 7.26. The van der Waals surface area contributed by atoms with Gasteiger partial charge in [-0.3, -0.25) is 0 Å². The fraction of sp³-hybridized carbons (Fsp3) is 0.500. The zero-order valence-corrected chi connectivity index (χ0v) is 10.7. The van der Waals surface area contributed by atoms with Gasteiger partial charge in [-0.15, -0.1) is 22.7 Å². The highest BCUT2D eigenvalue weighted by Gasteiger charge is 2.18. The van der Waals surface area contributed by atoms with Gasteiger partial charge >= 0.3 is 0 Å². The van der Waals surface area contributed by atoms with Crippen molar-refractivity contribution in [1.82, 2.24) is 0 Å². The van der Waals surface area contributed by atoms with Crippen LogP contribution >= 0.6 is 22.7 Å². The number of hydrogen-bond acceptors (Lipinski definition) is 3. The summed E-state index contributed by atoms with van der Waals surface area (Å²) in [5.74, 6) is 0.364. The van der Waals surface area contributed by atoms with Crippen LogP contribution < -0.4 is 0 Å². The van der Waals surface area contributed by atoms with Crippen molar-refractivity contribution in [2.24, 2.45) is 5.92 Å². The van der Waals surface area contributed by atoms with Crippen molar-refractivity contribution in [2.75, 3.05) is 0 Å². The second-order valence-corrected chi connectivity index (χ2v) is 6.07. The van der Waals surface area contributed by atoms with Crippen LogP contribution in [0.4, 0.5) is 0 Å². The molecular formula is C12H16OS2. The second-order valence-electron chi connectivity index (χ2n) is 4.01. The average molecular weight is 240 g/mol. The predicted molar refractivity (Wildman–Crippen MR) is 68.7 cm³/mol. The average Bonchev–Trinajstić information content (AvgIpc) is 2.75. The topological polar surface area (TPSA) is 20.2 Å². The quantitative estimate of drug-likeness (QED) is 0.838. The molecule has 2 rings (SSSR count). The summed E-state index contributed by atoms with van der Waals surface area (Å²) in [4.78, 5) is 1.12. The highest BCUT2D eigenvalue weighted by Crippen LogP contribution is 2.36. The second kappa shape index (κ2) is 4.64. The maximum absolute atomic E-state index is 10.2. The van der Waals surface area contributed by atoms with Crippen molar-refractivity contribution in [1.29, 1.82) is 0 Å². The van der Waals surface area contributed by atoms with Crippen LogP contribution in [0.3, 0.4) is 0 Å². The first kappa shape index (κ1) is 11.1. The molecule has 0 radical (unpaired) electrons. The minimum Gasteiger partial charge on any atom is -0.387 e. The van der Waals surface area contributed by atoms with E-state index in [9.17, 15) is 5.11 Å². The van der Waals surface area contributed by atoms with Crippen molar-refractivity contribution in [2.45, 2.75) is 32.8 Å². The van der Waals surface area contributed by atoms with Crippen LogP contribution in [0.5, 0.6) is 0 Å². The normalized spacial score (nSPS) is 15.7. The molecule has 0 saturated heterocycles. The lowest BCUT2D eigenvalue weighted by Crippen LogP contribution is -2.07. The molecule has 0 saturated carbocycles. The van der Waals surface area contributed by atoms with Crippen LogP contribution in [0.1, 0.15) is 37.7 Å². The smallest absolute Gasteiger partial charge is 0.0908 e. The molecular weight excluding hydrogens is 224 g/mol. The van der Waals surface area contributed by atoms with Gasteiger partial charge in [0, 0.05) is 14.3 Å². The van der Waals surface area contributed by atoms with E-state index in [2.05, 4.69) is 31.4 Å². The van der Waals surface area contributed by atoms with Gasteiger partial charge < -0.3 is 5.11 Å². The molecule has 0 spiro atoms. The van der Waals surface area contributed by atoms with Crippen molar-refractivity contribution in [3.8, 4) is 0 Å². The van der Waals surface area contributed by atoms with Crippen LogP contribution in [-0.2, 0) is 0 Å². The Hall–Kier alpha value is -0.380. The molecule has 2 aromatic rings. The van der Waals surface area contributed by atoms with E-state index >= 15 is 0 Å². The zero-order valence-electron chi connectivity index (χ0n) is 9.06. The lowest BCUT2D eigenvalue weighted by Gasteiger charge is -2.16. The SMILES string of the molecule is CCCC(C)C(O)c1cc2sccc2s1. The summed E-state index contributed by atoms with van der Waals surface area (Å²) in [6.45, 7) is 4.29. The lowest BCUT2D eigenvalue weighted by atomic mass is 9.98. The van der Waals surface area contributed by atoms with Gasteiger partial charge in [-0.2, -0.15) is 0 Å². The Morgan fingerprint density at radius 3 is 2.87 bits per heavy atom. The zero-order chi connectivity index (χ0) is 10.8. The Bertz CT molecular complexity index is 401. The van der Waals surface area contributed by atoms with Crippen LogP contribution in [0.25, 0.3) is 9.40 Å². The molecule has 2 heterocycles. The molecule has 0 fully saturated rings. The van der Waals surface area contributed by atoms with Crippen molar-refractivity contribution in [3.05, 3.63) is 22.4 Å². The Morgan fingerprint density at radius 1 is 1.40 bits per heavy atom. The summed E-state index contributed by atoms with van der Waals surface area (Å²) in [6.07, 6.45) is 1.94. The van der Waals surface area contributed by atoms with Crippen molar-refractivity contribution in [3.63, 3.8) is 0 Å². The Kier molecular flexibility index (Phi) is 3.44. The summed E-state index contributed by atoms with van der Waals surface area (Å²) >= 11 is 3.48. The molecule has 3 heteroatoms. The minimum atomic E-state index is -0.283. The van der Waals surface area contributed by atoms with Gasteiger partial charge in [0.15, 0.2) is 0 Å². The third kappa shape index (κ3) is 2.25. The number of aliphatic hydroxyl groups excluding tert-OH is 1. The van der Waals surface area contributed by atoms with E-state index < -0.39 is 0 Å². The summed E-state index contributed by atoms with van der Waals surface area (Å²) in [7, 11) is 0. The highest BCUT2D eigenvalue weighted by atomic mass is 32.1. The molecule has 0 amide bonds. The molecule has 0 aliphatic heterocycles. The Labute approximate surface area is 98.4 Å². The summed E-state index contributed by atoms with van der Waals surface area (Å²) in [5, 5.41) is 12.3. The number of thiophene rings is 2. The molecule has 0 aromatic carbocycles. The summed E-state index contributed by atoms with van der Waals surface area (Å²) in [5.41, 5.74) is 0. The van der Waals surface area contributed by atoms with E-state index in [1.54, 1.807) is 22.7 Å². The molecule has 1 nitrogen and oxygen atoms in total. The third-order valence-corrected chi connectivity index (χ3v) is 4.90. The van der Waals surface area contributed by atoms with Gasteiger partial charge in [0.1, 0.15) is 0 Å².